The second-order valence-corrected chi connectivity index (χ2v) is 6.22. The molecular weight excluding hydrogens is 334 g/mol. The molecule has 1 aliphatic carbocycles. The number of urea groups is 1. The highest BCUT2D eigenvalue weighted by atomic mass is 35.5. The van der Waals surface area contributed by atoms with Crippen molar-refractivity contribution >= 4 is 29.5 Å². The van der Waals surface area contributed by atoms with Crippen molar-refractivity contribution in [2.75, 3.05) is 6.61 Å². The predicted molar refractivity (Wildman–Crippen MR) is 87.6 cm³/mol. The number of hydrogen-bond acceptors (Lipinski definition) is 5. The molecular formula is C16H20ClN3O4. The van der Waals surface area contributed by atoms with Gasteiger partial charge in [0, 0.05) is 12.2 Å². The van der Waals surface area contributed by atoms with E-state index in [0.717, 1.165) is 25.7 Å². The van der Waals surface area contributed by atoms with E-state index >= 15 is 0 Å². The number of amides is 3. The lowest BCUT2D eigenvalue weighted by molar-refractivity contribution is -0.123. The smallest absolute Gasteiger partial charge is 0.340 e. The quantitative estimate of drug-likeness (QED) is 0.639. The molecule has 1 saturated carbocycles. The lowest BCUT2D eigenvalue weighted by Crippen LogP contribution is -2.48. The lowest BCUT2D eigenvalue weighted by Gasteiger charge is -2.29. The number of aromatic nitrogens is 1. The first-order valence-electron chi connectivity index (χ1n) is 7.84. The summed E-state index contributed by atoms with van der Waals surface area (Å²) in [6.07, 6.45) is 5.44. The number of nitrogens with zero attached hydrogens (tertiary/aromatic N) is 1. The minimum absolute atomic E-state index is 0.0641. The molecule has 2 atom stereocenters. The van der Waals surface area contributed by atoms with Crippen molar-refractivity contribution in [2.24, 2.45) is 5.92 Å². The van der Waals surface area contributed by atoms with Crippen molar-refractivity contribution in [1.82, 2.24) is 15.6 Å². The van der Waals surface area contributed by atoms with Crippen molar-refractivity contribution in [2.45, 2.75) is 38.6 Å². The molecule has 0 bridgehead atoms. The Bertz CT molecular complexity index is 606. The van der Waals surface area contributed by atoms with Crippen molar-refractivity contribution in [1.29, 1.82) is 0 Å². The first kappa shape index (κ1) is 18.2. The topological polar surface area (TPSA) is 97.4 Å². The predicted octanol–water partition coefficient (Wildman–Crippen LogP) is 2.30. The van der Waals surface area contributed by atoms with Crippen LogP contribution in [0, 0.1) is 5.92 Å². The summed E-state index contributed by atoms with van der Waals surface area (Å²) in [4.78, 5) is 39.0. The van der Waals surface area contributed by atoms with Gasteiger partial charge in [0.25, 0.3) is 5.91 Å². The maximum atomic E-state index is 11.8. The zero-order chi connectivity index (χ0) is 17.5. The van der Waals surface area contributed by atoms with Gasteiger partial charge in [-0.1, -0.05) is 31.4 Å². The average Bonchev–Trinajstić information content (AvgIpc) is 2.55. The number of halogens is 1. The largest absolute Gasteiger partial charge is 0.452 e. The third-order valence-corrected chi connectivity index (χ3v) is 4.20. The van der Waals surface area contributed by atoms with E-state index in [4.69, 9.17) is 16.3 Å². The summed E-state index contributed by atoms with van der Waals surface area (Å²) in [6.45, 7) is 1.53. The summed E-state index contributed by atoms with van der Waals surface area (Å²) in [6, 6.07) is 2.38. The summed E-state index contributed by atoms with van der Waals surface area (Å²) in [7, 11) is 0. The van der Waals surface area contributed by atoms with Gasteiger partial charge in [0.2, 0.25) is 0 Å². The van der Waals surface area contributed by atoms with Crippen LogP contribution in [0.5, 0.6) is 0 Å². The number of imide groups is 1. The number of carbonyl (C=O) groups is 3. The highest BCUT2D eigenvalue weighted by molar-refractivity contribution is 6.29. The Kier molecular flexibility index (Phi) is 6.54. The number of rotatable bonds is 4. The molecule has 1 aliphatic rings. The zero-order valence-electron chi connectivity index (χ0n) is 13.4. The number of pyridine rings is 1. The average molecular weight is 354 g/mol. The summed E-state index contributed by atoms with van der Waals surface area (Å²) < 4.78 is 4.83. The number of nitrogens with one attached hydrogen (secondary N) is 2. The summed E-state index contributed by atoms with van der Waals surface area (Å²) in [5.41, 5.74) is 0.174. The summed E-state index contributed by atoms with van der Waals surface area (Å²) in [5, 5.41) is 5.20. The van der Waals surface area contributed by atoms with Crippen LogP contribution < -0.4 is 10.6 Å². The minimum Gasteiger partial charge on any atom is -0.452 e. The second kappa shape index (κ2) is 8.63. The van der Waals surface area contributed by atoms with Gasteiger partial charge in [0.15, 0.2) is 6.61 Å². The van der Waals surface area contributed by atoms with Gasteiger partial charge in [-0.25, -0.2) is 14.6 Å². The van der Waals surface area contributed by atoms with Crippen LogP contribution in [0.15, 0.2) is 18.3 Å². The van der Waals surface area contributed by atoms with Crippen molar-refractivity contribution in [3.63, 3.8) is 0 Å². The van der Waals surface area contributed by atoms with Gasteiger partial charge in [-0.15, -0.1) is 0 Å². The highest BCUT2D eigenvalue weighted by Crippen LogP contribution is 2.23. The molecule has 0 aliphatic heterocycles. The Balaban J connectivity index is 1.73. The van der Waals surface area contributed by atoms with Crippen molar-refractivity contribution in [3.8, 4) is 0 Å². The maximum Gasteiger partial charge on any atom is 0.340 e. The first-order chi connectivity index (χ1) is 11.5. The molecule has 0 aromatic carbocycles. The van der Waals surface area contributed by atoms with E-state index in [-0.39, 0.29) is 16.8 Å². The van der Waals surface area contributed by atoms with Crippen LogP contribution in [-0.2, 0) is 9.53 Å². The van der Waals surface area contributed by atoms with Gasteiger partial charge >= 0.3 is 12.0 Å². The van der Waals surface area contributed by atoms with Crippen molar-refractivity contribution < 1.29 is 19.1 Å². The van der Waals surface area contributed by atoms with Crippen LogP contribution in [0.4, 0.5) is 4.79 Å². The van der Waals surface area contributed by atoms with E-state index in [1.165, 1.54) is 18.3 Å². The van der Waals surface area contributed by atoms with E-state index < -0.39 is 24.5 Å². The van der Waals surface area contributed by atoms with Gasteiger partial charge in [0.05, 0.1) is 5.56 Å². The molecule has 0 radical (unpaired) electrons. The molecule has 2 rings (SSSR count). The van der Waals surface area contributed by atoms with Crippen LogP contribution in [0.2, 0.25) is 5.15 Å². The molecule has 24 heavy (non-hydrogen) atoms. The zero-order valence-corrected chi connectivity index (χ0v) is 14.1. The Morgan fingerprint density at radius 3 is 2.71 bits per heavy atom. The third-order valence-electron chi connectivity index (χ3n) is 3.98. The molecule has 2 N–H and O–H groups in total. The third kappa shape index (κ3) is 5.49. The van der Waals surface area contributed by atoms with Crippen LogP contribution in [0.3, 0.4) is 0 Å². The molecule has 1 aromatic rings. The monoisotopic (exact) mass is 353 g/mol. The maximum absolute atomic E-state index is 11.8. The standard InChI is InChI=1S/C16H20ClN3O4/c1-10-4-2-3-5-12(10)19-16(23)20-14(21)9-24-15(22)11-6-7-13(17)18-8-11/h6-8,10,12H,2-5,9H2,1H3,(H2,19,20,21,23)/t10-,12+/m1/s1. The molecule has 7 nitrogen and oxygen atoms in total. The van der Waals surface area contributed by atoms with E-state index in [9.17, 15) is 14.4 Å². The Morgan fingerprint density at radius 2 is 2.04 bits per heavy atom. The fourth-order valence-electron chi connectivity index (χ4n) is 2.61. The van der Waals surface area contributed by atoms with Gasteiger partial charge in [0.1, 0.15) is 5.15 Å². The van der Waals surface area contributed by atoms with Gasteiger partial charge in [-0.3, -0.25) is 10.1 Å². The number of carbonyl (C=O) groups excluding carboxylic acids is 3. The summed E-state index contributed by atoms with van der Waals surface area (Å²) >= 11 is 5.62. The van der Waals surface area contributed by atoms with E-state index in [0.29, 0.717) is 5.92 Å². The molecule has 0 saturated heterocycles. The fourth-order valence-corrected chi connectivity index (χ4v) is 2.72. The van der Waals surface area contributed by atoms with Crippen LogP contribution >= 0.6 is 11.6 Å². The minimum atomic E-state index is -0.712. The Morgan fingerprint density at radius 1 is 1.29 bits per heavy atom. The lowest BCUT2D eigenvalue weighted by atomic mass is 9.86. The number of esters is 1. The van der Waals surface area contributed by atoms with E-state index in [1.54, 1.807) is 0 Å². The van der Waals surface area contributed by atoms with Crippen LogP contribution in [0.1, 0.15) is 43.0 Å². The summed E-state index contributed by atoms with van der Waals surface area (Å²) in [5.74, 6) is -1.02. The number of ether oxygens (including phenoxy) is 1. The van der Waals surface area contributed by atoms with E-state index in [2.05, 4.69) is 22.5 Å². The molecule has 8 heteroatoms. The molecule has 1 aromatic heterocycles. The molecule has 0 unspecified atom stereocenters. The normalized spacial score (nSPS) is 20.1. The second-order valence-electron chi connectivity index (χ2n) is 5.84. The Hall–Kier alpha value is -2.15. The van der Waals surface area contributed by atoms with E-state index in [1.807, 2.05) is 0 Å². The van der Waals surface area contributed by atoms with Crippen LogP contribution in [0.25, 0.3) is 0 Å². The molecule has 1 fully saturated rings. The first-order valence-corrected chi connectivity index (χ1v) is 8.22. The SMILES string of the molecule is C[C@@H]1CCCC[C@@H]1NC(=O)NC(=O)COC(=O)c1ccc(Cl)nc1. The van der Waals surface area contributed by atoms with Gasteiger partial charge in [-0.2, -0.15) is 0 Å². The molecule has 130 valence electrons. The highest BCUT2D eigenvalue weighted by Gasteiger charge is 2.23. The fraction of sp³-hybridized carbons (Fsp3) is 0.500. The van der Waals surface area contributed by atoms with Crippen molar-refractivity contribution in [3.05, 3.63) is 29.0 Å². The van der Waals surface area contributed by atoms with Crippen LogP contribution in [-0.4, -0.2) is 35.5 Å². The van der Waals surface area contributed by atoms with Gasteiger partial charge < -0.3 is 10.1 Å². The van der Waals surface area contributed by atoms with Gasteiger partial charge in [-0.05, 0) is 30.9 Å². The number of hydrogen-bond donors (Lipinski definition) is 2. The molecule has 3 amide bonds. The molecule has 0 spiro atoms. The Labute approximate surface area is 145 Å². The molecule has 1 heterocycles.